The third kappa shape index (κ3) is 4.43. The minimum absolute atomic E-state index is 0.889. The molecule has 1 atom stereocenters. The van der Waals surface area contributed by atoms with Gasteiger partial charge in [-0.2, -0.15) is 0 Å². The number of ether oxygens (including phenoxy) is 1. The molecule has 1 saturated heterocycles. The Morgan fingerprint density at radius 3 is 3.00 bits per heavy atom. The molecule has 0 amide bonds. The molecule has 0 N–H and O–H groups in total. The van der Waals surface area contributed by atoms with Gasteiger partial charge in [0.15, 0.2) is 0 Å². The predicted octanol–water partition coefficient (Wildman–Crippen LogP) is 2.54. The summed E-state index contributed by atoms with van der Waals surface area (Å²) in [5, 5.41) is 0. The van der Waals surface area contributed by atoms with E-state index in [1.165, 1.54) is 45.2 Å². The second kappa shape index (κ2) is 7.24. The van der Waals surface area contributed by atoms with Crippen molar-refractivity contribution >= 4 is 0 Å². The molecule has 0 radical (unpaired) electrons. The van der Waals surface area contributed by atoms with Gasteiger partial charge in [0.05, 0.1) is 6.61 Å². The van der Waals surface area contributed by atoms with E-state index >= 15 is 0 Å². The van der Waals surface area contributed by atoms with Crippen molar-refractivity contribution in [3.63, 3.8) is 0 Å². The van der Waals surface area contributed by atoms with Crippen LogP contribution in [0, 0.1) is 5.92 Å². The summed E-state index contributed by atoms with van der Waals surface area (Å²) in [7, 11) is 1.79. The average molecular weight is 199 g/mol. The zero-order chi connectivity index (χ0) is 10.2. The van der Waals surface area contributed by atoms with Crippen LogP contribution in [0.2, 0.25) is 0 Å². The molecule has 0 aromatic rings. The van der Waals surface area contributed by atoms with E-state index in [4.69, 9.17) is 4.74 Å². The Labute approximate surface area is 88.6 Å². The van der Waals surface area contributed by atoms with Crippen molar-refractivity contribution in [3.05, 3.63) is 0 Å². The normalized spacial score (nSPS) is 24.0. The van der Waals surface area contributed by atoms with Gasteiger partial charge in [0.25, 0.3) is 0 Å². The molecule has 1 fully saturated rings. The van der Waals surface area contributed by atoms with Gasteiger partial charge in [-0.3, -0.25) is 0 Å². The third-order valence-electron chi connectivity index (χ3n) is 3.18. The van der Waals surface area contributed by atoms with Crippen molar-refractivity contribution < 1.29 is 4.74 Å². The molecule has 2 nitrogen and oxygen atoms in total. The molecule has 0 aromatic heterocycles. The maximum atomic E-state index is 5.12. The van der Waals surface area contributed by atoms with Crippen LogP contribution in [-0.4, -0.2) is 38.3 Å². The Morgan fingerprint density at radius 1 is 1.43 bits per heavy atom. The van der Waals surface area contributed by atoms with Gasteiger partial charge in [-0.25, -0.2) is 0 Å². The van der Waals surface area contributed by atoms with Crippen LogP contribution in [0.4, 0.5) is 0 Å². The molecule has 1 aliphatic rings. The second-order valence-corrected chi connectivity index (χ2v) is 4.44. The number of piperidine rings is 1. The van der Waals surface area contributed by atoms with Crippen molar-refractivity contribution in [2.75, 3.05) is 33.4 Å². The lowest BCUT2D eigenvalue weighted by Gasteiger charge is -2.32. The lowest BCUT2D eigenvalue weighted by Crippen LogP contribution is -2.37. The van der Waals surface area contributed by atoms with Crippen LogP contribution in [0.25, 0.3) is 0 Å². The quantitative estimate of drug-likeness (QED) is 0.652. The lowest BCUT2D eigenvalue weighted by molar-refractivity contribution is 0.112. The first-order valence-electron chi connectivity index (χ1n) is 6.08. The zero-order valence-electron chi connectivity index (χ0n) is 9.80. The molecule has 84 valence electrons. The smallest absolute Gasteiger partial charge is 0.0589 e. The van der Waals surface area contributed by atoms with E-state index in [0.717, 1.165) is 19.1 Å². The van der Waals surface area contributed by atoms with Gasteiger partial charge in [-0.1, -0.05) is 19.8 Å². The number of likely N-dealkylation sites (tertiary alicyclic amines) is 1. The van der Waals surface area contributed by atoms with Crippen LogP contribution in [0.15, 0.2) is 0 Å². The fourth-order valence-electron chi connectivity index (χ4n) is 2.30. The molecule has 1 rings (SSSR count). The maximum absolute atomic E-state index is 5.12. The van der Waals surface area contributed by atoms with Crippen molar-refractivity contribution in [2.24, 2.45) is 5.92 Å². The van der Waals surface area contributed by atoms with Gasteiger partial charge in [0.1, 0.15) is 0 Å². The van der Waals surface area contributed by atoms with Crippen LogP contribution in [0.5, 0.6) is 0 Å². The van der Waals surface area contributed by atoms with Gasteiger partial charge >= 0.3 is 0 Å². The summed E-state index contributed by atoms with van der Waals surface area (Å²) in [5.74, 6) is 0.959. The summed E-state index contributed by atoms with van der Waals surface area (Å²) in [6, 6.07) is 0. The third-order valence-corrected chi connectivity index (χ3v) is 3.18. The zero-order valence-corrected chi connectivity index (χ0v) is 9.80. The van der Waals surface area contributed by atoms with E-state index in [1.54, 1.807) is 7.11 Å². The summed E-state index contributed by atoms with van der Waals surface area (Å²) in [6.07, 6.45) is 7.01. The molecule has 0 spiro atoms. The summed E-state index contributed by atoms with van der Waals surface area (Å²) in [6.45, 7) is 6.89. The standard InChI is InChI=1S/C12H25NO/c1-3-4-6-12-7-5-8-13(11-12)9-10-14-2/h12H,3-11H2,1-2H3. The van der Waals surface area contributed by atoms with E-state index in [-0.39, 0.29) is 0 Å². The van der Waals surface area contributed by atoms with E-state index in [1.807, 2.05) is 0 Å². The molecule has 0 saturated carbocycles. The molecule has 0 aliphatic carbocycles. The van der Waals surface area contributed by atoms with Crippen molar-refractivity contribution in [1.82, 2.24) is 4.90 Å². The molecule has 0 aromatic carbocycles. The topological polar surface area (TPSA) is 12.5 Å². The number of hydrogen-bond acceptors (Lipinski definition) is 2. The number of methoxy groups -OCH3 is 1. The second-order valence-electron chi connectivity index (χ2n) is 4.44. The largest absolute Gasteiger partial charge is 0.383 e. The first-order valence-corrected chi connectivity index (χ1v) is 6.08. The monoisotopic (exact) mass is 199 g/mol. The molecule has 1 unspecified atom stereocenters. The fraction of sp³-hybridized carbons (Fsp3) is 1.00. The number of rotatable bonds is 6. The molecule has 1 heterocycles. The highest BCUT2D eigenvalue weighted by atomic mass is 16.5. The van der Waals surface area contributed by atoms with E-state index in [2.05, 4.69) is 11.8 Å². The van der Waals surface area contributed by atoms with Crippen LogP contribution in [0.3, 0.4) is 0 Å². The molecule has 0 bridgehead atoms. The highest BCUT2D eigenvalue weighted by Gasteiger charge is 2.18. The van der Waals surface area contributed by atoms with Crippen LogP contribution < -0.4 is 0 Å². The lowest BCUT2D eigenvalue weighted by atomic mass is 9.93. The first-order chi connectivity index (χ1) is 6.86. The van der Waals surface area contributed by atoms with Crippen molar-refractivity contribution in [3.8, 4) is 0 Å². The SMILES string of the molecule is CCCCC1CCCN(CCOC)C1. The predicted molar refractivity (Wildman–Crippen MR) is 60.6 cm³/mol. The molecular weight excluding hydrogens is 174 g/mol. The van der Waals surface area contributed by atoms with Gasteiger partial charge in [-0.05, 0) is 31.7 Å². The number of nitrogens with zero attached hydrogens (tertiary/aromatic N) is 1. The fourth-order valence-corrected chi connectivity index (χ4v) is 2.30. The van der Waals surface area contributed by atoms with Crippen LogP contribution in [0.1, 0.15) is 39.0 Å². The highest BCUT2D eigenvalue weighted by molar-refractivity contribution is 4.72. The number of hydrogen-bond donors (Lipinski definition) is 0. The average Bonchev–Trinajstić information content (AvgIpc) is 2.24. The van der Waals surface area contributed by atoms with Gasteiger partial charge in [0.2, 0.25) is 0 Å². The van der Waals surface area contributed by atoms with Crippen molar-refractivity contribution in [1.29, 1.82) is 0 Å². The Balaban J connectivity index is 2.14. The Hall–Kier alpha value is -0.0800. The molecule has 1 aliphatic heterocycles. The maximum Gasteiger partial charge on any atom is 0.0589 e. The summed E-state index contributed by atoms with van der Waals surface area (Å²) < 4.78 is 5.12. The Kier molecular flexibility index (Phi) is 6.20. The van der Waals surface area contributed by atoms with E-state index < -0.39 is 0 Å². The summed E-state index contributed by atoms with van der Waals surface area (Å²) in [4.78, 5) is 2.56. The van der Waals surface area contributed by atoms with Crippen LogP contribution in [-0.2, 0) is 4.74 Å². The van der Waals surface area contributed by atoms with Crippen LogP contribution >= 0.6 is 0 Å². The molecule has 2 heteroatoms. The van der Waals surface area contributed by atoms with E-state index in [9.17, 15) is 0 Å². The Morgan fingerprint density at radius 2 is 2.29 bits per heavy atom. The number of unbranched alkanes of at least 4 members (excludes halogenated alkanes) is 1. The first kappa shape index (κ1) is 12.0. The molecule has 14 heavy (non-hydrogen) atoms. The van der Waals surface area contributed by atoms with Gasteiger partial charge < -0.3 is 9.64 Å². The molecular formula is C12H25NO. The highest BCUT2D eigenvalue weighted by Crippen LogP contribution is 2.21. The summed E-state index contributed by atoms with van der Waals surface area (Å²) >= 11 is 0. The van der Waals surface area contributed by atoms with Gasteiger partial charge in [0, 0.05) is 20.2 Å². The Bertz CT molecular complexity index is 124. The summed E-state index contributed by atoms with van der Waals surface area (Å²) in [5.41, 5.74) is 0. The van der Waals surface area contributed by atoms with Gasteiger partial charge in [-0.15, -0.1) is 0 Å². The van der Waals surface area contributed by atoms with E-state index in [0.29, 0.717) is 0 Å². The minimum Gasteiger partial charge on any atom is -0.383 e. The minimum atomic E-state index is 0.889. The van der Waals surface area contributed by atoms with Crippen molar-refractivity contribution in [2.45, 2.75) is 39.0 Å².